The number of fused-ring (bicyclic) bond motifs is 1. The summed E-state index contributed by atoms with van der Waals surface area (Å²) in [5.41, 5.74) is 1.36. The summed E-state index contributed by atoms with van der Waals surface area (Å²) in [6, 6.07) is 13.1. The molecule has 1 aromatic carbocycles. The Bertz CT molecular complexity index is 1550. The van der Waals surface area contributed by atoms with Crippen molar-refractivity contribution in [2.24, 2.45) is 0 Å². The van der Waals surface area contributed by atoms with Gasteiger partial charge in [-0.3, -0.25) is 14.8 Å². The number of rotatable bonds is 11. The second-order valence-corrected chi connectivity index (χ2v) is 9.77. The van der Waals surface area contributed by atoms with Crippen molar-refractivity contribution in [2.75, 3.05) is 32.6 Å². The molecular formula is C30H31ClN6O3. The van der Waals surface area contributed by atoms with Gasteiger partial charge in [0.2, 0.25) is 5.91 Å². The van der Waals surface area contributed by atoms with Gasteiger partial charge >= 0.3 is 0 Å². The third kappa shape index (κ3) is 7.24. The Kier molecular flexibility index (Phi) is 9.51. The highest BCUT2D eigenvalue weighted by atomic mass is 35.5. The molecule has 0 saturated carbocycles. The number of nitrogens with one attached hydrogen (secondary N) is 2. The number of nitriles is 1. The van der Waals surface area contributed by atoms with Gasteiger partial charge in [-0.25, -0.2) is 0 Å². The number of benzene rings is 1. The molecule has 3 aromatic rings. The number of ether oxygens (including phenoxy) is 2. The van der Waals surface area contributed by atoms with Crippen LogP contribution in [-0.4, -0.2) is 53.7 Å². The van der Waals surface area contributed by atoms with Gasteiger partial charge in [0.25, 0.3) is 0 Å². The van der Waals surface area contributed by atoms with Crippen LogP contribution in [0.5, 0.6) is 5.75 Å². The molecule has 0 aliphatic heterocycles. The normalized spacial score (nSPS) is 16.0. The van der Waals surface area contributed by atoms with Crippen molar-refractivity contribution in [3.05, 3.63) is 87.8 Å². The minimum absolute atomic E-state index is 0.268. The van der Waals surface area contributed by atoms with Crippen LogP contribution < -0.4 is 25.9 Å². The predicted molar refractivity (Wildman–Crippen MR) is 155 cm³/mol. The maximum Gasteiger partial charge on any atom is 0.246 e. The molecule has 10 heteroatoms. The van der Waals surface area contributed by atoms with Gasteiger partial charge in [0.05, 0.1) is 27.3 Å². The lowest BCUT2D eigenvalue weighted by Crippen LogP contribution is -2.53. The first kappa shape index (κ1) is 28.8. The Morgan fingerprint density at radius 1 is 1.27 bits per heavy atom. The number of hydrogen-bond acceptors (Lipinski definition) is 8. The van der Waals surface area contributed by atoms with E-state index in [-0.39, 0.29) is 12.5 Å². The van der Waals surface area contributed by atoms with E-state index >= 15 is 0 Å². The SMILES string of the molecule is CCOC1(NC(=O)C=CCN(C)C)C=c2ncc(C#N)c(Nc3ccc(OCc4ccccn4)c(Cl)c3)c2=CC1. The largest absolute Gasteiger partial charge is 0.486 e. The third-order valence-corrected chi connectivity index (χ3v) is 6.32. The minimum atomic E-state index is -1.06. The van der Waals surface area contributed by atoms with Gasteiger partial charge < -0.3 is 25.0 Å². The molecule has 0 radical (unpaired) electrons. The first-order valence-corrected chi connectivity index (χ1v) is 13.2. The smallest absolute Gasteiger partial charge is 0.246 e. The average Bonchev–Trinajstić information content (AvgIpc) is 2.93. The number of pyridine rings is 2. The lowest BCUT2D eigenvalue weighted by molar-refractivity contribution is -0.123. The van der Waals surface area contributed by atoms with E-state index in [4.69, 9.17) is 21.1 Å². The third-order valence-electron chi connectivity index (χ3n) is 6.03. The molecule has 2 aromatic heterocycles. The van der Waals surface area contributed by atoms with E-state index in [1.807, 2.05) is 56.3 Å². The van der Waals surface area contributed by atoms with Crippen LogP contribution in [-0.2, 0) is 16.1 Å². The lowest BCUT2D eigenvalue weighted by atomic mass is 10.00. The zero-order chi connectivity index (χ0) is 28.5. The number of amides is 1. The van der Waals surface area contributed by atoms with Crippen LogP contribution in [0.2, 0.25) is 5.02 Å². The van der Waals surface area contributed by atoms with Crippen LogP contribution in [0.1, 0.15) is 24.6 Å². The Morgan fingerprint density at radius 2 is 2.12 bits per heavy atom. The van der Waals surface area contributed by atoms with Gasteiger partial charge in [-0.05, 0) is 57.4 Å². The molecule has 4 rings (SSSR count). The Balaban J connectivity index is 1.59. The number of halogens is 1. The summed E-state index contributed by atoms with van der Waals surface area (Å²) in [5.74, 6) is 0.252. The molecule has 0 saturated heterocycles. The summed E-state index contributed by atoms with van der Waals surface area (Å²) in [5, 5.41) is 17.8. The molecule has 0 bridgehead atoms. The summed E-state index contributed by atoms with van der Waals surface area (Å²) in [6.07, 6.45) is 10.5. The first-order valence-electron chi connectivity index (χ1n) is 12.8. The van der Waals surface area contributed by atoms with Crippen molar-refractivity contribution in [1.29, 1.82) is 5.26 Å². The number of carbonyl (C=O) groups excluding carboxylic acids is 1. The number of carbonyl (C=O) groups is 1. The molecule has 0 fully saturated rings. The van der Waals surface area contributed by atoms with E-state index in [2.05, 4.69) is 26.7 Å². The van der Waals surface area contributed by atoms with Crippen LogP contribution in [0.25, 0.3) is 12.2 Å². The van der Waals surface area contributed by atoms with Gasteiger partial charge in [0.1, 0.15) is 18.4 Å². The van der Waals surface area contributed by atoms with Crippen molar-refractivity contribution in [1.82, 2.24) is 20.2 Å². The molecular weight excluding hydrogens is 528 g/mol. The maximum atomic E-state index is 12.6. The molecule has 2 heterocycles. The highest BCUT2D eigenvalue weighted by molar-refractivity contribution is 6.32. The molecule has 206 valence electrons. The summed E-state index contributed by atoms with van der Waals surface area (Å²) in [4.78, 5) is 23.3. The van der Waals surface area contributed by atoms with E-state index in [1.54, 1.807) is 30.5 Å². The molecule has 9 nitrogen and oxygen atoms in total. The van der Waals surface area contributed by atoms with Crippen molar-refractivity contribution >= 4 is 41.0 Å². The maximum absolute atomic E-state index is 12.6. The van der Waals surface area contributed by atoms with Crippen LogP contribution in [0.15, 0.2) is 60.9 Å². The topological polar surface area (TPSA) is 112 Å². The molecule has 0 spiro atoms. The van der Waals surface area contributed by atoms with E-state index in [0.717, 1.165) is 10.9 Å². The highest BCUT2D eigenvalue weighted by Gasteiger charge is 2.31. The summed E-state index contributed by atoms with van der Waals surface area (Å²) >= 11 is 6.51. The zero-order valence-electron chi connectivity index (χ0n) is 22.6. The molecule has 1 amide bonds. The second kappa shape index (κ2) is 13.2. The lowest BCUT2D eigenvalue weighted by Gasteiger charge is -2.32. The van der Waals surface area contributed by atoms with Crippen LogP contribution >= 0.6 is 11.6 Å². The van der Waals surface area contributed by atoms with Gasteiger partial charge in [-0.15, -0.1) is 0 Å². The van der Waals surface area contributed by atoms with Crippen LogP contribution in [0.4, 0.5) is 11.4 Å². The monoisotopic (exact) mass is 558 g/mol. The molecule has 2 N–H and O–H groups in total. The summed E-state index contributed by atoms with van der Waals surface area (Å²) < 4.78 is 11.8. The first-order chi connectivity index (χ1) is 19.3. The fourth-order valence-electron chi connectivity index (χ4n) is 4.19. The van der Waals surface area contributed by atoms with Crippen molar-refractivity contribution in [3.8, 4) is 11.8 Å². The number of hydrogen-bond donors (Lipinski definition) is 2. The van der Waals surface area contributed by atoms with Gasteiger partial charge in [-0.2, -0.15) is 5.26 Å². The quantitative estimate of drug-likeness (QED) is 0.272. The van der Waals surface area contributed by atoms with Crippen LogP contribution in [0, 0.1) is 11.3 Å². The molecule has 40 heavy (non-hydrogen) atoms. The minimum Gasteiger partial charge on any atom is -0.486 e. The second-order valence-electron chi connectivity index (χ2n) is 9.37. The number of aromatic nitrogens is 2. The van der Waals surface area contributed by atoms with E-state index < -0.39 is 5.72 Å². The standard InChI is InChI=1S/C30H31ClN6O3/c1-4-40-30(36-28(38)9-7-15-37(2)3)13-12-24-26(17-30)34-19-21(18-32)29(24)35-22-10-11-27(25(31)16-22)39-20-23-8-5-6-14-33-23/h5-12,14,16-17,19,35H,4,13,15,20H2,1-3H3,(H,36,38). The number of nitrogens with zero attached hydrogens (tertiary/aromatic N) is 4. The van der Waals surface area contributed by atoms with Crippen molar-refractivity contribution in [2.45, 2.75) is 25.7 Å². The van der Waals surface area contributed by atoms with E-state index in [0.29, 0.717) is 52.6 Å². The van der Waals surface area contributed by atoms with Crippen molar-refractivity contribution < 1.29 is 14.3 Å². The van der Waals surface area contributed by atoms with Gasteiger partial charge in [-0.1, -0.05) is 29.8 Å². The molecule has 1 atom stereocenters. The van der Waals surface area contributed by atoms with E-state index in [1.165, 1.54) is 12.3 Å². The fraction of sp³-hybridized carbons (Fsp3) is 0.267. The molecule has 1 aliphatic carbocycles. The van der Waals surface area contributed by atoms with Crippen molar-refractivity contribution in [3.63, 3.8) is 0 Å². The Hall–Kier alpha value is -4.23. The fourth-order valence-corrected chi connectivity index (χ4v) is 4.43. The Labute approximate surface area is 238 Å². The summed E-state index contributed by atoms with van der Waals surface area (Å²) in [6.45, 7) is 3.18. The summed E-state index contributed by atoms with van der Waals surface area (Å²) in [7, 11) is 3.86. The highest BCUT2D eigenvalue weighted by Crippen LogP contribution is 2.30. The average molecular weight is 559 g/mol. The number of likely N-dealkylation sites (N-methyl/N-ethyl adjacent to an activating group) is 1. The zero-order valence-corrected chi connectivity index (χ0v) is 23.4. The van der Waals surface area contributed by atoms with Gasteiger partial charge in [0.15, 0.2) is 5.72 Å². The van der Waals surface area contributed by atoms with Crippen LogP contribution in [0.3, 0.4) is 0 Å². The molecule has 1 unspecified atom stereocenters. The molecule has 1 aliphatic rings. The number of anilines is 2. The predicted octanol–water partition coefficient (Wildman–Crippen LogP) is 3.26. The van der Waals surface area contributed by atoms with E-state index in [9.17, 15) is 10.1 Å². The van der Waals surface area contributed by atoms with Gasteiger partial charge in [0, 0.05) is 48.9 Å². The Morgan fingerprint density at radius 3 is 2.83 bits per heavy atom.